The number of carbonyl (C=O) groups excluding carboxylic acids is 1. The number of primary amides is 1. The molecule has 7 heteroatoms. The SMILES string of the molecule is N#CCCn1cc(CN2CCO[C@@H](C(N)=O)C2)c(-c2ccccc2)n1. The maximum Gasteiger partial charge on any atom is 0.247 e. The third-order valence-electron chi connectivity index (χ3n) is 4.20. The highest BCUT2D eigenvalue weighted by Crippen LogP contribution is 2.24. The van der Waals surface area contributed by atoms with E-state index in [2.05, 4.69) is 16.1 Å². The predicted octanol–water partition coefficient (Wildman–Crippen LogP) is 1.15. The molecular formula is C18H21N5O2. The average molecular weight is 339 g/mol. The lowest BCUT2D eigenvalue weighted by Gasteiger charge is -2.31. The van der Waals surface area contributed by atoms with Crippen molar-refractivity contribution in [3.05, 3.63) is 42.1 Å². The number of rotatable bonds is 6. The summed E-state index contributed by atoms with van der Waals surface area (Å²) < 4.78 is 7.22. The van der Waals surface area contributed by atoms with Gasteiger partial charge in [-0.05, 0) is 0 Å². The van der Waals surface area contributed by atoms with Gasteiger partial charge in [-0.2, -0.15) is 10.4 Å². The van der Waals surface area contributed by atoms with E-state index < -0.39 is 12.0 Å². The van der Waals surface area contributed by atoms with Crippen LogP contribution < -0.4 is 5.73 Å². The number of morpholine rings is 1. The molecule has 130 valence electrons. The molecule has 0 bridgehead atoms. The van der Waals surface area contributed by atoms with Crippen molar-refractivity contribution < 1.29 is 9.53 Å². The molecule has 1 fully saturated rings. The molecule has 1 aliphatic heterocycles. The van der Waals surface area contributed by atoms with Crippen molar-refractivity contribution in [1.82, 2.24) is 14.7 Å². The van der Waals surface area contributed by atoms with Gasteiger partial charge in [0.2, 0.25) is 5.91 Å². The zero-order valence-corrected chi connectivity index (χ0v) is 14.0. The molecule has 3 rings (SSSR count). The topological polar surface area (TPSA) is 97.2 Å². The molecule has 1 aliphatic rings. The first-order valence-electron chi connectivity index (χ1n) is 8.29. The summed E-state index contributed by atoms with van der Waals surface area (Å²) in [6.07, 6.45) is 1.83. The van der Waals surface area contributed by atoms with E-state index in [1.54, 1.807) is 0 Å². The van der Waals surface area contributed by atoms with Gasteiger partial charge in [-0.1, -0.05) is 30.3 Å². The van der Waals surface area contributed by atoms with Gasteiger partial charge < -0.3 is 10.5 Å². The van der Waals surface area contributed by atoms with E-state index >= 15 is 0 Å². The zero-order chi connectivity index (χ0) is 17.6. The minimum Gasteiger partial charge on any atom is -0.367 e. The maximum absolute atomic E-state index is 11.4. The Kier molecular flexibility index (Phi) is 5.43. The molecule has 1 aromatic heterocycles. The first-order valence-corrected chi connectivity index (χ1v) is 8.29. The van der Waals surface area contributed by atoms with Crippen molar-refractivity contribution >= 4 is 5.91 Å². The van der Waals surface area contributed by atoms with E-state index in [-0.39, 0.29) is 0 Å². The van der Waals surface area contributed by atoms with Crippen LogP contribution in [0.4, 0.5) is 0 Å². The first-order chi connectivity index (χ1) is 12.2. The van der Waals surface area contributed by atoms with Gasteiger partial charge in [-0.25, -0.2) is 0 Å². The molecule has 0 saturated carbocycles. The van der Waals surface area contributed by atoms with E-state index in [1.165, 1.54) is 0 Å². The van der Waals surface area contributed by atoms with Crippen LogP contribution >= 0.6 is 0 Å². The van der Waals surface area contributed by atoms with Crippen LogP contribution in [0.3, 0.4) is 0 Å². The Morgan fingerprint density at radius 3 is 2.92 bits per heavy atom. The fourth-order valence-corrected chi connectivity index (χ4v) is 2.96. The van der Waals surface area contributed by atoms with E-state index in [0.29, 0.717) is 32.7 Å². The highest BCUT2D eigenvalue weighted by atomic mass is 16.5. The number of carbonyl (C=O) groups is 1. The van der Waals surface area contributed by atoms with E-state index in [0.717, 1.165) is 23.4 Å². The average Bonchev–Trinajstić information content (AvgIpc) is 3.03. The van der Waals surface area contributed by atoms with Crippen LogP contribution in [0.5, 0.6) is 0 Å². The molecule has 7 nitrogen and oxygen atoms in total. The van der Waals surface area contributed by atoms with Crippen LogP contribution in [0.2, 0.25) is 0 Å². The second-order valence-electron chi connectivity index (χ2n) is 6.04. The van der Waals surface area contributed by atoms with E-state index in [4.69, 9.17) is 15.7 Å². The number of nitrogens with two attached hydrogens (primary N) is 1. The van der Waals surface area contributed by atoms with Crippen molar-refractivity contribution in [2.75, 3.05) is 19.7 Å². The molecule has 0 unspecified atom stereocenters. The number of amides is 1. The molecule has 2 aromatic rings. The molecule has 1 aromatic carbocycles. The third kappa shape index (κ3) is 4.24. The zero-order valence-electron chi connectivity index (χ0n) is 14.0. The minimum atomic E-state index is -0.567. The normalized spacial score (nSPS) is 18.0. The first kappa shape index (κ1) is 17.1. The molecule has 1 amide bonds. The van der Waals surface area contributed by atoms with Gasteiger partial charge in [-0.3, -0.25) is 14.4 Å². The molecule has 0 aliphatic carbocycles. The number of benzene rings is 1. The van der Waals surface area contributed by atoms with Crippen molar-refractivity contribution in [2.45, 2.75) is 25.6 Å². The van der Waals surface area contributed by atoms with E-state index in [9.17, 15) is 4.79 Å². The summed E-state index contributed by atoms with van der Waals surface area (Å²) in [6.45, 7) is 2.92. The third-order valence-corrected chi connectivity index (χ3v) is 4.20. The van der Waals surface area contributed by atoms with E-state index in [1.807, 2.05) is 41.2 Å². The number of ether oxygens (including phenoxy) is 1. The van der Waals surface area contributed by atoms with Crippen LogP contribution in [-0.4, -0.2) is 46.4 Å². The Balaban J connectivity index is 1.82. The molecule has 2 N–H and O–H groups in total. The maximum atomic E-state index is 11.4. The molecule has 2 heterocycles. The van der Waals surface area contributed by atoms with Crippen LogP contribution in [-0.2, 0) is 22.6 Å². The van der Waals surface area contributed by atoms with Crippen LogP contribution in [0.15, 0.2) is 36.5 Å². The van der Waals surface area contributed by atoms with Gasteiger partial charge in [0.05, 0.1) is 31.3 Å². The van der Waals surface area contributed by atoms with Gasteiger partial charge in [0.15, 0.2) is 0 Å². The fourth-order valence-electron chi connectivity index (χ4n) is 2.96. The largest absolute Gasteiger partial charge is 0.367 e. The Bertz CT molecular complexity index is 766. The molecule has 1 atom stereocenters. The lowest BCUT2D eigenvalue weighted by atomic mass is 10.1. The summed E-state index contributed by atoms with van der Waals surface area (Å²) in [5.41, 5.74) is 8.37. The quantitative estimate of drug-likeness (QED) is 0.851. The van der Waals surface area contributed by atoms with Gasteiger partial charge in [0.1, 0.15) is 6.10 Å². The molecule has 1 saturated heterocycles. The highest BCUT2D eigenvalue weighted by molar-refractivity contribution is 5.79. The Hall–Kier alpha value is -2.69. The predicted molar refractivity (Wildman–Crippen MR) is 92.1 cm³/mol. The summed E-state index contributed by atoms with van der Waals surface area (Å²) in [6, 6.07) is 12.1. The number of nitriles is 1. The molecular weight excluding hydrogens is 318 g/mol. The standard InChI is InChI=1S/C18H21N5O2/c19-7-4-8-23-12-15(17(21-23)14-5-2-1-3-6-14)11-22-9-10-25-16(13-22)18(20)24/h1-3,5-6,12,16H,4,8-11,13H2,(H2,20,24)/t16-/m1/s1. The lowest BCUT2D eigenvalue weighted by molar-refractivity contribution is -0.135. The van der Waals surface area contributed by atoms with Crippen LogP contribution in [0.1, 0.15) is 12.0 Å². The Labute approximate surface area is 146 Å². The number of hydrogen-bond acceptors (Lipinski definition) is 5. The van der Waals surface area contributed by atoms with Gasteiger partial charge in [-0.15, -0.1) is 0 Å². The van der Waals surface area contributed by atoms with Crippen LogP contribution in [0, 0.1) is 11.3 Å². The van der Waals surface area contributed by atoms with Gasteiger partial charge >= 0.3 is 0 Å². The Morgan fingerprint density at radius 1 is 1.40 bits per heavy atom. The highest BCUT2D eigenvalue weighted by Gasteiger charge is 2.25. The second-order valence-corrected chi connectivity index (χ2v) is 6.04. The molecule has 0 spiro atoms. The second kappa shape index (κ2) is 7.92. The van der Waals surface area contributed by atoms with Crippen molar-refractivity contribution in [1.29, 1.82) is 5.26 Å². The summed E-state index contributed by atoms with van der Waals surface area (Å²) in [7, 11) is 0. The summed E-state index contributed by atoms with van der Waals surface area (Å²) >= 11 is 0. The number of aryl methyl sites for hydroxylation is 1. The van der Waals surface area contributed by atoms with Gasteiger partial charge in [0.25, 0.3) is 0 Å². The Morgan fingerprint density at radius 2 is 2.20 bits per heavy atom. The smallest absolute Gasteiger partial charge is 0.247 e. The molecule has 25 heavy (non-hydrogen) atoms. The summed E-state index contributed by atoms with van der Waals surface area (Å²) in [4.78, 5) is 13.5. The number of nitrogens with zero attached hydrogens (tertiary/aromatic N) is 4. The van der Waals surface area contributed by atoms with Crippen molar-refractivity contribution in [2.24, 2.45) is 5.73 Å². The summed E-state index contributed by atoms with van der Waals surface area (Å²) in [5, 5.41) is 13.5. The van der Waals surface area contributed by atoms with Crippen molar-refractivity contribution in [3.8, 4) is 17.3 Å². The van der Waals surface area contributed by atoms with Crippen molar-refractivity contribution in [3.63, 3.8) is 0 Å². The minimum absolute atomic E-state index is 0.413. The number of hydrogen-bond donors (Lipinski definition) is 1. The van der Waals surface area contributed by atoms with Gasteiger partial charge in [0, 0.05) is 37.0 Å². The summed E-state index contributed by atoms with van der Waals surface area (Å²) in [5.74, 6) is -0.433. The fraction of sp³-hybridized carbons (Fsp3) is 0.389. The number of aromatic nitrogens is 2. The van der Waals surface area contributed by atoms with Crippen LogP contribution in [0.25, 0.3) is 11.3 Å². The monoisotopic (exact) mass is 339 g/mol. The lowest BCUT2D eigenvalue weighted by Crippen LogP contribution is -2.47. The molecule has 0 radical (unpaired) electrons.